The molecule has 1 rings (SSSR count). The van der Waals surface area contributed by atoms with Gasteiger partial charge < -0.3 is 10.2 Å². The molecule has 0 saturated heterocycles. The largest absolute Gasteiger partial charge is 0.342 e. The molecule has 1 N–H and O–H groups in total. The van der Waals surface area contributed by atoms with E-state index in [1.807, 2.05) is 31.2 Å². The molecule has 1 aromatic rings. The fraction of sp³-hybridized carbons (Fsp3) is 0.500. The summed E-state index contributed by atoms with van der Waals surface area (Å²) in [6.07, 6.45) is 2.34. The quantitative estimate of drug-likeness (QED) is 0.832. The second-order valence-electron chi connectivity index (χ2n) is 4.97. The van der Waals surface area contributed by atoms with Crippen molar-refractivity contribution in [2.24, 2.45) is 0 Å². The van der Waals surface area contributed by atoms with Crippen molar-refractivity contribution in [2.45, 2.75) is 40.0 Å². The molecule has 0 fully saturated rings. The summed E-state index contributed by atoms with van der Waals surface area (Å²) in [5.74, 6) is -0.0239. The number of rotatable bonds is 7. The highest BCUT2D eigenvalue weighted by molar-refractivity contribution is 5.91. The molecule has 4 nitrogen and oxygen atoms in total. The normalized spacial score (nSPS) is 10.2. The number of carbonyl (C=O) groups excluding carboxylic acids is 2. The van der Waals surface area contributed by atoms with E-state index in [-0.39, 0.29) is 11.8 Å². The second-order valence-corrected chi connectivity index (χ2v) is 4.97. The molecule has 0 unspecified atom stereocenters. The summed E-state index contributed by atoms with van der Waals surface area (Å²) in [5.41, 5.74) is 1.87. The number of hydrogen-bond donors (Lipinski definition) is 1. The van der Waals surface area contributed by atoms with Crippen molar-refractivity contribution in [1.82, 2.24) is 4.90 Å². The van der Waals surface area contributed by atoms with Gasteiger partial charge in [0.2, 0.25) is 11.8 Å². The van der Waals surface area contributed by atoms with Gasteiger partial charge in [0, 0.05) is 32.1 Å². The van der Waals surface area contributed by atoms with Crippen molar-refractivity contribution in [3.63, 3.8) is 0 Å². The van der Waals surface area contributed by atoms with E-state index in [1.54, 1.807) is 11.8 Å². The van der Waals surface area contributed by atoms with Crippen LogP contribution in [0.2, 0.25) is 0 Å². The third-order valence-electron chi connectivity index (χ3n) is 3.25. The minimum Gasteiger partial charge on any atom is -0.342 e. The maximum absolute atomic E-state index is 11.9. The van der Waals surface area contributed by atoms with Crippen molar-refractivity contribution in [1.29, 1.82) is 0 Å². The van der Waals surface area contributed by atoms with Crippen LogP contribution in [0.1, 0.15) is 38.7 Å². The molecule has 0 aliphatic carbocycles. The molecule has 0 bridgehead atoms. The number of carbonyl (C=O) groups is 2. The number of nitrogens with zero attached hydrogens (tertiary/aromatic N) is 1. The third-order valence-corrected chi connectivity index (χ3v) is 3.25. The minimum absolute atomic E-state index is 0.0298. The van der Waals surface area contributed by atoms with Crippen LogP contribution in [0.5, 0.6) is 0 Å². The summed E-state index contributed by atoms with van der Waals surface area (Å²) in [6.45, 7) is 6.80. The Morgan fingerprint density at radius 2 is 1.90 bits per heavy atom. The lowest BCUT2D eigenvalue weighted by Crippen LogP contribution is -2.32. The first kappa shape index (κ1) is 16.2. The van der Waals surface area contributed by atoms with Crippen molar-refractivity contribution in [3.05, 3.63) is 29.8 Å². The number of unbranched alkanes of at least 4 members (excludes halogenated alkanes) is 1. The molecule has 0 aliphatic heterocycles. The van der Waals surface area contributed by atoms with E-state index in [1.165, 1.54) is 0 Å². The molecule has 4 heteroatoms. The van der Waals surface area contributed by atoms with Crippen molar-refractivity contribution in [2.75, 3.05) is 18.4 Å². The van der Waals surface area contributed by atoms with Gasteiger partial charge in [0.1, 0.15) is 0 Å². The van der Waals surface area contributed by atoms with Crippen LogP contribution in [0.3, 0.4) is 0 Å². The van der Waals surface area contributed by atoms with Gasteiger partial charge in [-0.3, -0.25) is 9.59 Å². The van der Waals surface area contributed by atoms with Crippen molar-refractivity contribution >= 4 is 17.5 Å². The summed E-state index contributed by atoms with van der Waals surface area (Å²) in [4.78, 5) is 25.1. The molecule has 0 saturated carbocycles. The maximum Gasteiger partial charge on any atom is 0.226 e. The van der Waals surface area contributed by atoms with Crippen LogP contribution in [-0.2, 0) is 9.59 Å². The Balaban J connectivity index is 2.45. The standard InChI is InChI=1S/C16H24N2O2/c1-4-5-11-18(14(3)19)12-10-16(20)17-15-9-7-6-8-13(15)2/h6-9H,4-5,10-12H2,1-3H3,(H,17,20). The highest BCUT2D eigenvalue weighted by atomic mass is 16.2. The zero-order valence-electron chi connectivity index (χ0n) is 12.6. The van der Waals surface area contributed by atoms with Crippen LogP contribution in [0.25, 0.3) is 0 Å². The van der Waals surface area contributed by atoms with E-state index in [0.29, 0.717) is 13.0 Å². The van der Waals surface area contributed by atoms with Crippen molar-refractivity contribution in [3.8, 4) is 0 Å². The van der Waals surface area contributed by atoms with E-state index in [4.69, 9.17) is 0 Å². The number of amides is 2. The molecule has 0 spiro atoms. The molecular weight excluding hydrogens is 252 g/mol. The molecule has 0 aromatic heterocycles. The Bertz CT molecular complexity index is 458. The highest BCUT2D eigenvalue weighted by Crippen LogP contribution is 2.13. The zero-order chi connectivity index (χ0) is 15.0. The molecule has 0 heterocycles. The van der Waals surface area contributed by atoms with E-state index in [9.17, 15) is 9.59 Å². The molecule has 1 aromatic carbocycles. The van der Waals surface area contributed by atoms with E-state index >= 15 is 0 Å². The predicted molar refractivity (Wildman–Crippen MR) is 81.6 cm³/mol. The first-order chi connectivity index (χ1) is 9.54. The fourth-order valence-corrected chi connectivity index (χ4v) is 1.94. The maximum atomic E-state index is 11.9. The number of hydrogen-bond acceptors (Lipinski definition) is 2. The average Bonchev–Trinajstić information content (AvgIpc) is 2.41. The summed E-state index contributed by atoms with van der Waals surface area (Å²) < 4.78 is 0. The van der Waals surface area contributed by atoms with E-state index < -0.39 is 0 Å². The van der Waals surface area contributed by atoms with Crippen LogP contribution in [-0.4, -0.2) is 29.8 Å². The molecule has 110 valence electrons. The summed E-state index contributed by atoms with van der Waals surface area (Å²) in [7, 11) is 0. The van der Waals surface area contributed by atoms with Gasteiger partial charge >= 0.3 is 0 Å². The lowest BCUT2D eigenvalue weighted by molar-refractivity contribution is -0.129. The Hall–Kier alpha value is -1.84. The molecule has 0 atom stereocenters. The molecule has 0 aliphatic rings. The number of para-hydroxylation sites is 1. The lowest BCUT2D eigenvalue weighted by Gasteiger charge is -2.20. The van der Waals surface area contributed by atoms with Gasteiger partial charge in [0.15, 0.2) is 0 Å². The number of anilines is 1. The third kappa shape index (κ3) is 5.43. The first-order valence-corrected chi connectivity index (χ1v) is 7.15. The Morgan fingerprint density at radius 1 is 1.20 bits per heavy atom. The van der Waals surface area contributed by atoms with E-state index in [2.05, 4.69) is 12.2 Å². The number of nitrogens with one attached hydrogen (secondary N) is 1. The Labute approximate surface area is 121 Å². The van der Waals surface area contributed by atoms with Crippen molar-refractivity contribution < 1.29 is 9.59 Å². The Morgan fingerprint density at radius 3 is 2.50 bits per heavy atom. The van der Waals surface area contributed by atoms with Gasteiger partial charge in [0.05, 0.1) is 0 Å². The number of aryl methyl sites for hydroxylation is 1. The smallest absolute Gasteiger partial charge is 0.226 e. The first-order valence-electron chi connectivity index (χ1n) is 7.15. The highest BCUT2D eigenvalue weighted by Gasteiger charge is 2.11. The minimum atomic E-state index is -0.0537. The van der Waals surface area contributed by atoms with Gasteiger partial charge in [-0.2, -0.15) is 0 Å². The summed E-state index contributed by atoms with van der Waals surface area (Å²) in [6, 6.07) is 7.67. The summed E-state index contributed by atoms with van der Waals surface area (Å²) in [5, 5.41) is 2.88. The monoisotopic (exact) mass is 276 g/mol. The van der Waals surface area contributed by atoms with Gasteiger partial charge in [-0.1, -0.05) is 31.5 Å². The lowest BCUT2D eigenvalue weighted by atomic mass is 10.2. The van der Waals surface area contributed by atoms with Gasteiger partial charge in [-0.25, -0.2) is 0 Å². The van der Waals surface area contributed by atoms with Crippen LogP contribution in [0.15, 0.2) is 24.3 Å². The molecule has 0 radical (unpaired) electrons. The predicted octanol–water partition coefficient (Wildman–Crippen LogP) is 2.97. The Kier molecular flexibility index (Phi) is 6.77. The van der Waals surface area contributed by atoms with Gasteiger partial charge in [0.25, 0.3) is 0 Å². The van der Waals surface area contributed by atoms with Crippen LogP contribution in [0.4, 0.5) is 5.69 Å². The molecule has 20 heavy (non-hydrogen) atoms. The van der Waals surface area contributed by atoms with Gasteiger partial charge in [-0.15, -0.1) is 0 Å². The van der Waals surface area contributed by atoms with Crippen LogP contribution >= 0.6 is 0 Å². The second kappa shape index (κ2) is 8.35. The number of benzene rings is 1. The topological polar surface area (TPSA) is 49.4 Å². The molecule has 2 amide bonds. The fourth-order valence-electron chi connectivity index (χ4n) is 1.94. The SMILES string of the molecule is CCCCN(CCC(=O)Nc1ccccc1C)C(C)=O. The average molecular weight is 276 g/mol. The zero-order valence-corrected chi connectivity index (χ0v) is 12.6. The van der Waals surface area contributed by atoms with E-state index in [0.717, 1.165) is 30.6 Å². The van der Waals surface area contributed by atoms with Crippen LogP contribution in [0, 0.1) is 6.92 Å². The van der Waals surface area contributed by atoms with Crippen LogP contribution < -0.4 is 5.32 Å². The molecular formula is C16H24N2O2. The summed E-state index contributed by atoms with van der Waals surface area (Å²) >= 11 is 0. The van der Waals surface area contributed by atoms with Gasteiger partial charge in [-0.05, 0) is 25.0 Å².